The molecule has 4 rings (SSSR count). The number of anilines is 1. The minimum absolute atomic E-state index is 0.0506. The summed E-state index contributed by atoms with van der Waals surface area (Å²) in [5.41, 5.74) is 3.02. The summed E-state index contributed by atoms with van der Waals surface area (Å²) in [7, 11) is 1.66. The molecular formula is C23H25BrN4O2. The highest BCUT2D eigenvalue weighted by molar-refractivity contribution is 9.10. The molecule has 0 bridgehead atoms. The first-order valence-electron chi connectivity index (χ1n) is 10.1. The lowest BCUT2D eigenvalue weighted by atomic mass is 10.0. The number of methoxy groups -OCH3 is 1. The Bertz CT molecular complexity index is 1000. The smallest absolute Gasteiger partial charge is 0.224 e. The molecule has 1 amide bonds. The number of piperidine rings is 1. The van der Waals surface area contributed by atoms with Crippen molar-refractivity contribution in [2.75, 3.05) is 25.1 Å². The van der Waals surface area contributed by atoms with Gasteiger partial charge < -0.3 is 15.0 Å². The fraction of sp³-hybridized carbons (Fsp3) is 0.304. The van der Waals surface area contributed by atoms with Gasteiger partial charge in [0.1, 0.15) is 5.75 Å². The molecule has 7 heteroatoms. The quantitative estimate of drug-likeness (QED) is 0.569. The Morgan fingerprint density at radius 1 is 1.27 bits per heavy atom. The van der Waals surface area contributed by atoms with Crippen molar-refractivity contribution in [3.8, 4) is 17.0 Å². The van der Waals surface area contributed by atoms with Crippen LogP contribution in [0.1, 0.15) is 18.4 Å². The molecule has 0 unspecified atom stereocenters. The lowest BCUT2D eigenvalue weighted by Crippen LogP contribution is -2.48. The normalized spacial score (nSPS) is 16.3. The molecule has 0 spiro atoms. The molecule has 0 saturated carbocycles. The van der Waals surface area contributed by atoms with Gasteiger partial charge in [0, 0.05) is 29.7 Å². The molecule has 1 aliphatic rings. The highest BCUT2D eigenvalue weighted by Gasteiger charge is 2.23. The maximum absolute atomic E-state index is 12.5. The summed E-state index contributed by atoms with van der Waals surface area (Å²) in [4.78, 5) is 14.8. The van der Waals surface area contributed by atoms with E-state index in [0.717, 1.165) is 58.8 Å². The van der Waals surface area contributed by atoms with Crippen molar-refractivity contribution in [3.05, 3.63) is 64.6 Å². The zero-order chi connectivity index (χ0) is 20.9. The number of hydrogen-bond acceptors (Lipinski definition) is 4. The number of benzene rings is 2. The first kappa shape index (κ1) is 20.5. The largest absolute Gasteiger partial charge is 0.497 e. The van der Waals surface area contributed by atoms with Gasteiger partial charge in [0.15, 0.2) is 5.82 Å². The second kappa shape index (κ2) is 9.34. The Balaban J connectivity index is 1.37. The molecule has 0 radical (unpaired) electrons. The van der Waals surface area contributed by atoms with Gasteiger partial charge in [-0.3, -0.25) is 9.89 Å². The van der Waals surface area contributed by atoms with Crippen LogP contribution in [0.3, 0.4) is 0 Å². The summed E-state index contributed by atoms with van der Waals surface area (Å²) in [6.07, 6.45) is 2.38. The summed E-state index contributed by atoms with van der Waals surface area (Å²) < 4.78 is 6.19. The first-order valence-corrected chi connectivity index (χ1v) is 10.9. The van der Waals surface area contributed by atoms with Crippen molar-refractivity contribution in [3.63, 3.8) is 0 Å². The predicted octanol–water partition coefficient (Wildman–Crippen LogP) is 4.18. The van der Waals surface area contributed by atoms with Crippen molar-refractivity contribution in [2.45, 2.75) is 25.3 Å². The molecule has 1 atom stereocenters. The van der Waals surface area contributed by atoms with Gasteiger partial charge in [0.05, 0.1) is 19.2 Å². The summed E-state index contributed by atoms with van der Waals surface area (Å²) in [6.45, 7) is 1.69. The number of nitrogens with zero attached hydrogens (tertiary/aromatic N) is 2. The number of hydrogen-bond donors (Lipinski definition) is 2. The molecule has 2 aromatic carbocycles. The Labute approximate surface area is 184 Å². The summed E-state index contributed by atoms with van der Waals surface area (Å²) >= 11 is 3.51. The van der Waals surface area contributed by atoms with Crippen LogP contribution < -0.4 is 15.0 Å². The third-order valence-electron chi connectivity index (χ3n) is 5.38. The van der Waals surface area contributed by atoms with Crippen LogP contribution in [-0.4, -0.2) is 42.3 Å². The van der Waals surface area contributed by atoms with Crippen LogP contribution in [0.25, 0.3) is 11.3 Å². The predicted molar refractivity (Wildman–Crippen MR) is 122 cm³/mol. The van der Waals surface area contributed by atoms with E-state index in [9.17, 15) is 4.79 Å². The van der Waals surface area contributed by atoms with Crippen molar-refractivity contribution >= 4 is 27.7 Å². The number of aromatic nitrogens is 2. The molecule has 1 saturated heterocycles. The zero-order valence-corrected chi connectivity index (χ0v) is 18.5. The number of halogens is 1. The van der Waals surface area contributed by atoms with E-state index in [1.54, 1.807) is 7.11 Å². The molecule has 1 fully saturated rings. The second-order valence-corrected chi connectivity index (χ2v) is 8.34. The number of carbonyl (C=O) groups excluding carboxylic acids is 1. The van der Waals surface area contributed by atoms with E-state index in [1.165, 1.54) is 0 Å². The second-order valence-electron chi connectivity index (χ2n) is 7.49. The molecular weight excluding hydrogens is 444 g/mol. The van der Waals surface area contributed by atoms with Crippen molar-refractivity contribution in [1.82, 2.24) is 15.5 Å². The summed E-state index contributed by atoms with van der Waals surface area (Å²) in [5, 5.41) is 10.8. The number of nitrogens with one attached hydrogen (secondary N) is 2. The summed E-state index contributed by atoms with van der Waals surface area (Å²) in [6, 6.07) is 17.9. The standard InChI is InChI=1S/C23H25BrN4O2/c1-30-19-10-8-16(9-11-19)21-14-22(27-26-21)28-12-4-6-18(15-28)25-23(29)13-17-5-2-3-7-20(17)24/h2-3,5,7-11,14,18H,4,6,12-13,15H2,1H3,(H,25,29)(H,26,27)/t18-/m1/s1. The van der Waals surface area contributed by atoms with E-state index in [2.05, 4.69) is 42.4 Å². The number of rotatable bonds is 6. The van der Waals surface area contributed by atoms with Crippen LogP contribution >= 0.6 is 15.9 Å². The van der Waals surface area contributed by atoms with Crippen LogP contribution in [0.2, 0.25) is 0 Å². The highest BCUT2D eigenvalue weighted by Crippen LogP contribution is 2.26. The van der Waals surface area contributed by atoms with Gasteiger partial charge >= 0.3 is 0 Å². The first-order chi connectivity index (χ1) is 14.6. The molecule has 156 valence electrons. The van der Waals surface area contributed by atoms with Gasteiger partial charge in [-0.25, -0.2) is 0 Å². The van der Waals surface area contributed by atoms with Gasteiger partial charge in [0.25, 0.3) is 0 Å². The van der Waals surface area contributed by atoms with E-state index >= 15 is 0 Å². The lowest BCUT2D eigenvalue weighted by molar-refractivity contribution is -0.121. The average molecular weight is 469 g/mol. The maximum Gasteiger partial charge on any atom is 0.224 e. The third-order valence-corrected chi connectivity index (χ3v) is 6.16. The monoisotopic (exact) mass is 468 g/mol. The Morgan fingerprint density at radius 2 is 2.07 bits per heavy atom. The molecule has 2 heterocycles. The van der Waals surface area contributed by atoms with Crippen molar-refractivity contribution in [1.29, 1.82) is 0 Å². The van der Waals surface area contributed by atoms with Crippen LogP contribution in [-0.2, 0) is 11.2 Å². The maximum atomic E-state index is 12.5. The minimum Gasteiger partial charge on any atom is -0.497 e. The highest BCUT2D eigenvalue weighted by atomic mass is 79.9. The van der Waals surface area contributed by atoms with Gasteiger partial charge in [-0.05, 0) is 54.3 Å². The number of H-pyrrole nitrogens is 1. The molecule has 30 heavy (non-hydrogen) atoms. The Kier molecular flexibility index (Phi) is 6.38. The average Bonchev–Trinajstić information content (AvgIpc) is 3.26. The van der Waals surface area contributed by atoms with Crippen LogP contribution in [0.4, 0.5) is 5.82 Å². The number of aromatic amines is 1. The van der Waals surface area contributed by atoms with E-state index in [4.69, 9.17) is 4.74 Å². The Hall–Kier alpha value is -2.80. The zero-order valence-electron chi connectivity index (χ0n) is 16.9. The number of amides is 1. The fourth-order valence-electron chi connectivity index (χ4n) is 3.79. The van der Waals surface area contributed by atoms with Gasteiger partial charge in [-0.2, -0.15) is 5.10 Å². The van der Waals surface area contributed by atoms with Crippen LogP contribution in [0.15, 0.2) is 59.1 Å². The summed E-state index contributed by atoms with van der Waals surface area (Å²) in [5.74, 6) is 1.79. The SMILES string of the molecule is COc1ccc(-c2cc(N3CCC[C@@H](NC(=O)Cc4ccccc4Br)C3)n[nH]2)cc1. The molecule has 0 aliphatic carbocycles. The van der Waals surface area contributed by atoms with Crippen molar-refractivity contribution < 1.29 is 9.53 Å². The molecule has 3 aromatic rings. The van der Waals surface area contributed by atoms with Crippen LogP contribution in [0, 0.1) is 0 Å². The van der Waals surface area contributed by atoms with E-state index in [-0.39, 0.29) is 11.9 Å². The van der Waals surface area contributed by atoms with Gasteiger partial charge in [-0.1, -0.05) is 34.1 Å². The van der Waals surface area contributed by atoms with E-state index in [0.29, 0.717) is 6.42 Å². The third kappa shape index (κ3) is 4.84. The van der Waals surface area contributed by atoms with E-state index in [1.807, 2.05) is 48.5 Å². The van der Waals surface area contributed by atoms with Gasteiger partial charge in [-0.15, -0.1) is 0 Å². The molecule has 1 aromatic heterocycles. The number of carbonyl (C=O) groups is 1. The number of ether oxygens (including phenoxy) is 1. The Morgan fingerprint density at radius 3 is 2.83 bits per heavy atom. The topological polar surface area (TPSA) is 70.2 Å². The van der Waals surface area contributed by atoms with E-state index < -0.39 is 0 Å². The minimum atomic E-state index is 0.0506. The molecule has 1 aliphatic heterocycles. The molecule has 6 nitrogen and oxygen atoms in total. The van der Waals surface area contributed by atoms with Crippen molar-refractivity contribution in [2.24, 2.45) is 0 Å². The lowest BCUT2D eigenvalue weighted by Gasteiger charge is -2.33. The van der Waals surface area contributed by atoms with Crippen LogP contribution in [0.5, 0.6) is 5.75 Å². The van der Waals surface area contributed by atoms with Gasteiger partial charge in [0.2, 0.25) is 5.91 Å². The fourth-order valence-corrected chi connectivity index (χ4v) is 4.21. The molecule has 2 N–H and O–H groups in total.